The van der Waals surface area contributed by atoms with Crippen molar-refractivity contribution >= 4 is 0 Å². The van der Waals surface area contributed by atoms with Gasteiger partial charge in [0.25, 0.3) is 0 Å². The molecule has 0 spiro atoms. The number of hydrogen-bond donors (Lipinski definition) is 1. The number of aromatic nitrogens is 2. The van der Waals surface area contributed by atoms with Crippen LogP contribution in [0, 0.1) is 0 Å². The lowest BCUT2D eigenvalue weighted by Gasteiger charge is -2.19. The van der Waals surface area contributed by atoms with Gasteiger partial charge in [-0.1, -0.05) is 34.6 Å². The first-order valence-corrected chi connectivity index (χ1v) is 5.42. The van der Waals surface area contributed by atoms with Crippen LogP contribution in [0.15, 0.2) is 6.20 Å². The summed E-state index contributed by atoms with van der Waals surface area (Å²) in [5, 5.41) is 0. The van der Waals surface area contributed by atoms with Crippen molar-refractivity contribution in [1.29, 1.82) is 0 Å². The van der Waals surface area contributed by atoms with Crippen molar-refractivity contribution in [3.8, 4) is 0 Å². The maximum Gasteiger partial charge on any atom is 0.133 e. The molecule has 0 atom stereocenters. The lowest BCUT2D eigenvalue weighted by molar-refractivity contribution is 0.536. The molecular formula is C12H21N3. The third-order valence-electron chi connectivity index (χ3n) is 2.34. The minimum absolute atomic E-state index is 0.00321. The second-order valence-electron chi connectivity index (χ2n) is 5.21. The van der Waals surface area contributed by atoms with Crippen molar-refractivity contribution in [2.75, 3.05) is 0 Å². The van der Waals surface area contributed by atoms with Gasteiger partial charge in [-0.25, -0.2) is 9.97 Å². The van der Waals surface area contributed by atoms with Gasteiger partial charge in [0, 0.05) is 23.7 Å². The molecule has 2 N–H and O–H groups in total. The van der Waals surface area contributed by atoms with E-state index >= 15 is 0 Å². The molecule has 0 amide bonds. The molecule has 84 valence electrons. The second kappa shape index (κ2) is 4.27. The largest absolute Gasteiger partial charge is 0.326 e. The van der Waals surface area contributed by atoms with Crippen LogP contribution in [0.25, 0.3) is 0 Å². The van der Waals surface area contributed by atoms with Gasteiger partial charge in [0.1, 0.15) is 5.82 Å². The molecule has 0 aromatic carbocycles. The fourth-order valence-corrected chi connectivity index (χ4v) is 1.44. The Labute approximate surface area is 92.1 Å². The molecule has 1 aromatic rings. The lowest BCUT2D eigenvalue weighted by atomic mass is 9.94. The molecule has 0 aliphatic carbocycles. The quantitative estimate of drug-likeness (QED) is 0.810. The third kappa shape index (κ3) is 2.75. The lowest BCUT2D eigenvalue weighted by Crippen LogP contribution is -2.19. The van der Waals surface area contributed by atoms with Crippen LogP contribution in [-0.2, 0) is 12.0 Å². The van der Waals surface area contributed by atoms with Gasteiger partial charge in [-0.3, -0.25) is 0 Å². The first-order chi connectivity index (χ1) is 6.86. The minimum Gasteiger partial charge on any atom is -0.326 e. The van der Waals surface area contributed by atoms with Crippen LogP contribution in [0.1, 0.15) is 57.6 Å². The smallest absolute Gasteiger partial charge is 0.133 e. The van der Waals surface area contributed by atoms with Gasteiger partial charge in [-0.15, -0.1) is 0 Å². The molecule has 1 aromatic heterocycles. The summed E-state index contributed by atoms with van der Waals surface area (Å²) in [5.74, 6) is 1.29. The van der Waals surface area contributed by atoms with Crippen LogP contribution in [0.4, 0.5) is 0 Å². The van der Waals surface area contributed by atoms with Gasteiger partial charge in [0.05, 0.1) is 5.69 Å². The van der Waals surface area contributed by atoms with E-state index in [2.05, 4.69) is 44.6 Å². The highest BCUT2D eigenvalue weighted by molar-refractivity contribution is 5.22. The van der Waals surface area contributed by atoms with Gasteiger partial charge >= 0.3 is 0 Å². The van der Waals surface area contributed by atoms with E-state index in [4.69, 9.17) is 5.73 Å². The van der Waals surface area contributed by atoms with Gasteiger partial charge < -0.3 is 5.73 Å². The average molecular weight is 207 g/mol. The number of nitrogens with zero attached hydrogens (tertiary/aromatic N) is 2. The maximum absolute atomic E-state index is 5.67. The Morgan fingerprint density at radius 2 is 1.93 bits per heavy atom. The van der Waals surface area contributed by atoms with Crippen molar-refractivity contribution in [1.82, 2.24) is 9.97 Å². The molecule has 0 saturated carbocycles. The molecule has 0 radical (unpaired) electrons. The second-order valence-corrected chi connectivity index (χ2v) is 5.21. The van der Waals surface area contributed by atoms with E-state index in [-0.39, 0.29) is 5.41 Å². The number of rotatable bonds is 2. The summed E-state index contributed by atoms with van der Waals surface area (Å²) in [7, 11) is 0. The van der Waals surface area contributed by atoms with Crippen molar-refractivity contribution in [2.24, 2.45) is 5.73 Å². The predicted molar refractivity (Wildman–Crippen MR) is 62.7 cm³/mol. The van der Waals surface area contributed by atoms with Crippen molar-refractivity contribution in [3.63, 3.8) is 0 Å². The zero-order valence-corrected chi connectivity index (χ0v) is 10.3. The normalized spacial score (nSPS) is 12.2. The molecule has 3 nitrogen and oxygen atoms in total. The van der Waals surface area contributed by atoms with E-state index in [1.165, 1.54) is 0 Å². The number of hydrogen-bond acceptors (Lipinski definition) is 3. The van der Waals surface area contributed by atoms with E-state index in [9.17, 15) is 0 Å². The van der Waals surface area contributed by atoms with E-state index in [0.29, 0.717) is 12.5 Å². The summed E-state index contributed by atoms with van der Waals surface area (Å²) in [4.78, 5) is 9.00. The van der Waals surface area contributed by atoms with Crippen molar-refractivity contribution in [3.05, 3.63) is 23.3 Å². The number of nitrogens with two attached hydrogens (primary N) is 1. The maximum atomic E-state index is 5.67. The highest BCUT2D eigenvalue weighted by Gasteiger charge is 2.19. The molecule has 0 bridgehead atoms. The molecule has 15 heavy (non-hydrogen) atoms. The van der Waals surface area contributed by atoms with Gasteiger partial charge in [-0.2, -0.15) is 0 Å². The average Bonchev–Trinajstić information content (AvgIpc) is 2.15. The van der Waals surface area contributed by atoms with Crippen molar-refractivity contribution in [2.45, 2.75) is 52.5 Å². The highest BCUT2D eigenvalue weighted by Crippen LogP contribution is 2.22. The molecule has 0 aliphatic rings. The summed E-state index contributed by atoms with van der Waals surface area (Å²) >= 11 is 0. The van der Waals surface area contributed by atoms with Gasteiger partial charge in [0.15, 0.2) is 0 Å². The summed E-state index contributed by atoms with van der Waals surface area (Å²) in [6, 6.07) is 0. The topological polar surface area (TPSA) is 51.8 Å². The Bertz CT molecular complexity index is 337. The first-order valence-electron chi connectivity index (χ1n) is 5.42. The Hall–Kier alpha value is -0.960. The Kier molecular flexibility index (Phi) is 3.45. The summed E-state index contributed by atoms with van der Waals surface area (Å²) in [6.45, 7) is 11.1. The van der Waals surface area contributed by atoms with Gasteiger partial charge in [0.2, 0.25) is 0 Å². The van der Waals surface area contributed by atoms with E-state index in [1.807, 2.05) is 6.20 Å². The molecule has 0 aliphatic heterocycles. The fraction of sp³-hybridized carbons (Fsp3) is 0.667. The Morgan fingerprint density at radius 1 is 1.33 bits per heavy atom. The van der Waals surface area contributed by atoms with Crippen LogP contribution in [0.3, 0.4) is 0 Å². The monoisotopic (exact) mass is 207 g/mol. The summed E-state index contributed by atoms with van der Waals surface area (Å²) in [6.07, 6.45) is 1.86. The van der Waals surface area contributed by atoms with Crippen LogP contribution < -0.4 is 5.73 Å². The summed E-state index contributed by atoms with van der Waals surface area (Å²) < 4.78 is 0. The third-order valence-corrected chi connectivity index (χ3v) is 2.34. The van der Waals surface area contributed by atoms with E-state index in [0.717, 1.165) is 17.1 Å². The van der Waals surface area contributed by atoms with Crippen LogP contribution in [-0.4, -0.2) is 9.97 Å². The zero-order chi connectivity index (χ0) is 11.6. The molecule has 3 heteroatoms. The van der Waals surface area contributed by atoms with E-state index in [1.54, 1.807) is 0 Å². The van der Waals surface area contributed by atoms with E-state index < -0.39 is 0 Å². The standard InChI is InChI=1S/C12H21N3/c1-8(2)10-9(6-13)7-14-11(15-10)12(3,4)5/h7-8H,6,13H2,1-5H3. The summed E-state index contributed by atoms with van der Waals surface area (Å²) in [5.41, 5.74) is 7.80. The minimum atomic E-state index is -0.00321. The molecule has 1 heterocycles. The molecule has 0 fully saturated rings. The van der Waals surface area contributed by atoms with Crippen LogP contribution >= 0.6 is 0 Å². The molecule has 0 saturated heterocycles. The molecular weight excluding hydrogens is 186 g/mol. The van der Waals surface area contributed by atoms with Gasteiger partial charge in [-0.05, 0) is 5.92 Å². The molecule has 1 rings (SSSR count). The predicted octanol–water partition coefficient (Wildman–Crippen LogP) is 2.36. The fourth-order valence-electron chi connectivity index (χ4n) is 1.44. The molecule has 0 unspecified atom stereocenters. The Balaban J connectivity index is 3.22. The van der Waals surface area contributed by atoms with Crippen LogP contribution in [0.5, 0.6) is 0 Å². The highest BCUT2D eigenvalue weighted by atomic mass is 14.9. The first kappa shape index (κ1) is 12.1. The SMILES string of the molecule is CC(C)c1nc(C(C)(C)C)ncc1CN. The van der Waals surface area contributed by atoms with Crippen LogP contribution in [0.2, 0.25) is 0 Å². The Morgan fingerprint density at radius 3 is 2.33 bits per heavy atom. The van der Waals surface area contributed by atoms with Crippen molar-refractivity contribution < 1.29 is 0 Å². The zero-order valence-electron chi connectivity index (χ0n) is 10.3.